The van der Waals surface area contributed by atoms with Gasteiger partial charge in [0.1, 0.15) is 0 Å². The third-order valence-electron chi connectivity index (χ3n) is 4.83. The molecule has 0 aliphatic carbocycles. The van der Waals surface area contributed by atoms with E-state index >= 15 is 0 Å². The number of carboxylic acid groups (broad SMARTS) is 2. The normalized spacial score (nSPS) is 9.76. The molecule has 0 N–H and O–H groups in total. The van der Waals surface area contributed by atoms with E-state index in [0.717, 1.165) is 25.7 Å². The quantitative estimate of drug-likeness (QED) is 0.196. The topological polar surface area (TPSA) is 116 Å². The van der Waals surface area contributed by atoms with Gasteiger partial charge in [-0.15, -0.1) is 0 Å². The van der Waals surface area contributed by atoms with E-state index in [1.54, 1.807) is 24.3 Å². The fourth-order valence-electron chi connectivity index (χ4n) is 3.09. The van der Waals surface area contributed by atoms with Crippen molar-refractivity contribution < 1.29 is 34.1 Å². The van der Waals surface area contributed by atoms with E-state index in [-0.39, 0.29) is 37.7 Å². The molecule has 0 heterocycles. The Balaban J connectivity index is 0. The standard InChI is InChI=1S/C24H38O4.CH2O3.Ca/c1-3-5-7-9-11-15-19-27-23(25)21-17-13-14-18-22(21)24(26)28-20-16-12-10-8-6-4-2;2-1(3)4;/h13-14,17-18H,3-12,15-16,19-20H2,1-2H3;(H2,2,3,4);/q;;+2/p-2. The summed E-state index contributed by atoms with van der Waals surface area (Å²) in [5.41, 5.74) is 0.586. The zero-order valence-electron chi connectivity index (χ0n) is 20.3. The van der Waals surface area contributed by atoms with Crippen LogP contribution in [-0.4, -0.2) is 69.0 Å². The third kappa shape index (κ3) is 19.8. The number of unbranched alkanes of at least 4 members (excludes halogenated alkanes) is 10. The van der Waals surface area contributed by atoms with Crippen LogP contribution in [0, 0.1) is 0 Å². The van der Waals surface area contributed by atoms with Crippen LogP contribution in [-0.2, 0) is 9.47 Å². The number of carbonyl (C=O) groups excluding carboxylic acids is 3. The molecular weight excluding hydrogens is 452 g/mol. The summed E-state index contributed by atoms with van der Waals surface area (Å²) in [6, 6.07) is 6.74. The molecule has 33 heavy (non-hydrogen) atoms. The van der Waals surface area contributed by atoms with Gasteiger partial charge in [0.2, 0.25) is 0 Å². The van der Waals surface area contributed by atoms with Crippen molar-refractivity contribution in [1.29, 1.82) is 0 Å². The first-order valence-corrected chi connectivity index (χ1v) is 11.7. The molecule has 0 aliphatic heterocycles. The van der Waals surface area contributed by atoms with Gasteiger partial charge in [0.25, 0.3) is 0 Å². The van der Waals surface area contributed by atoms with E-state index in [4.69, 9.17) is 24.5 Å². The summed E-state index contributed by atoms with van der Waals surface area (Å²) in [7, 11) is 0. The van der Waals surface area contributed by atoms with Crippen molar-refractivity contribution in [2.45, 2.75) is 90.9 Å². The SMILES string of the molecule is CCCCCCCCOC(=O)c1ccccc1C(=O)OCCCCCCCC.O=C([O-])[O-].[Ca+2]. The smallest absolute Gasteiger partial charge is 0.652 e. The minimum Gasteiger partial charge on any atom is -0.652 e. The number of hydrogen-bond donors (Lipinski definition) is 0. The molecule has 0 bridgehead atoms. The van der Waals surface area contributed by atoms with Crippen molar-refractivity contribution in [2.24, 2.45) is 0 Å². The summed E-state index contributed by atoms with van der Waals surface area (Å²) in [4.78, 5) is 33.0. The van der Waals surface area contributed by atoms with Crippen LogP contribution in [0.3, 0.4) is 0 Å². The van der Waals surface area contributed by atoms with Crippen molar-refractivity contribution >= 4 is 55.8 Å². The fraction of sp³-hybridized carbons (Fsp3) is 0.640. The van der Waals surface area contributed by atoms with Crippen molar-refractivity contribution in [3.8, 4) is 0 Å². The third-order valence-corrected chi connectivity index (χ3v) is 4.83. The van der Waals surface area contributed by atoms with Crippen LogP contribution in [0.15, 0.2) is 24.3 Å². The maximum absolute atomic E-state index is 12.4. The summed E-state index contributed by atoms with van der Waals surface area (Å²) in [5, 5.41) is 16.7. The minimum absolute atomic E-state index is 0. The van der Waals surface area contributed by atoms with Crippen LogP contribution in [0.25, 0.3) is 0 Å². The van der Waals surface area contributed by atoms with E-state index in [1.165, 1.54) is 51.4 Å². The number of ether oxygens (including phenoxy) is 2. The van der Waals surface area contributed by atoms with Crippen molar-refractivity contribution in [2.75, 3.05) is 13.2 Å². The van der Waals surface area contributed by atoms with Gasteiger partial charge in [-0.3, -0.25) is 0 Å². The Bertz CT molecular complexity index is 596. The molecule has 1 rings (SSSR count). The summed E-state index contributed by atoms with van der Waals surface area (Å²) >= 11 is 0. The summed E-state index contributed by atoms with van der Waals surface area (Å²) in [5.74, 6) is -0.888. The van der Waals surface area contributed by atoms with Gasteiger partial charge in [-0.05, 0) is 31.1 Å². The molecule has 0 fully saturated rings. The van der Waals surface area contributed by atoms with Gasteiger partial charge in [-0.25, -0.2) is 9.59 Å². The van der Waals surface area contributed by atoms with Gasteiger partial charge in [-0.1, -0.05) is 90.2 Å². The minimum atomic E-state index is -2.33. The van der Waals surface area contributed by atoms with E-state index < -0.39 is 18.1 Å². The van der Waals surface area contributed by atoms with Crippen LogP contribution in [0.2, 0.25) is 0 Å². The van der Waals surface area contributed by atoms with Gasteiger partial charge in [-0.2, -0.15) is 0 Å². The van der Waals surface area contributed by atoms with Crippen molar-refractivity contribution in [3.05, 3.63) is 35.4 Å². The zero-order valence-corrected chi connectivity index (χ0v) is 22.5. The van der Waals surface area contributed by atoms with E-state index in [9.17, 15) is 9.59 Å². The first-order chi connectivity index (χ1) is 15.4. The zero-order chi connectivity index (χ0) is 24.0. The van der Waals surface area contributed by atoms with Crippen LogP contribution in [0.4, 0.5) is 4.79 Å². The molecule has 0 spiro atoms. The molecule has 0 amide bonds. The molecule has 0 aromatic heterocycles. The maximum Gasteiger partial charge on any atom is 2.00 e. The van der Waals surface area contributed by atoms with Gasteiger partial charge in [0.15, 0.2) is 0 Å². The van der Waals surface area contributed by atoms with Crippen molar-refractivity contribution in [1.82, 2.24) is 0 Å². The molecule has 0 saturated carbocycles. The largest absolute Gasteiger partial charge is 2.00 e. The molecule has 8 heteroatoms. The number of esters is 2. The molecule has 0 unspecified atom stereocenters. The summed E-state index contributed by atoms with van der Waals surface area (Å²) in [6.45, 7) is 5.17. The average Bonchev–Trinajstić information content (AvgIpc) is 2.77. The second kappa shape index (κ2) is 23.8. The molecule has 182 valence electrons. The predicted molar refractivity (Wildman–Crippen MR) is 125 cm³/mol. The Morgan fingerprint density at radius 1 is 0.636 bits per heavy atom. The molecular formula is C25H38CaO7. The first-order valence-electron chi connectivity index (χ1n) is 11.7. The van der Waals surface area contributed by atoms with Crippen LogP contribution in [0.5, 0.6) is 0 Å². The second-order valence-electron chi connectivity index (χ2n) is 7.60. The van der Waals surface area contributed by atoms with Gasteiger partial charge in [0, 0.05) is 0 Å². The van der Waals surface area contributed by atoms with Gasteiger partial charge in [0.05, 0.1) is 24.3 Å². The van der Waals surface area contributed by atoms with Crippen LogP contribution in [0.1, 0.15) is 112 Å². The Kier molecular flexibility index (Phi) is 24.5. The summed E-state index contributed by atoms with van der Waals surface area (Å²) < 4.78 is 10.7. The molecule has 0 aliphatic rings. The molecule has 0 atom stereocenters. The number of rotatable bonds is 16. The van der Waals surface area contributed by atoms with E-state index in [0.29, 0.717) is 24.3 Å². The van der Waals surface area contributed by atoms with Crippen LogP contribution >= 0.6 is 0 Å². The van der Waals surface area contributed by atoms with Gasteiger partial charge < -0.3 is 24.5 Å². The number of benzene rings is 1. The van der Waals surface area contributed by atoms with Crippen LogP contribution < -0.4 is 10.2 Å². The molecule has 0 saturated heterocycles. The van der Waals surface area contributed by atoms with Crippen molar-refractivity contribution in [3.63, 3.8) is 0 Å². The average molecular weight is 491 g/mol. The molecule has 7 nitrogen and oxygen atoms in total. The maximum atomic E-state index is 12.4. The van der Waals surface area contributed by atoms with Gasteiger partial charge >= 0.3 is 49.7 Å². The Labute approximate surface area is 228 Å². The fourth-order valence-corrected chi connectivity index (χ4v) is 3.09. The molecule has 1 aromatic rings. The predicted octanol–water partition coefficient (Wildman–Crippen LogP) is 3.89. The number of carbonyl (C=O) groups is 3. The molecule has 1 aromatic carbocycles. The number of hydrogen-bond acceptors (Lipinski definition) is 7. The summed E-state index contributed by atoms with van der Waals surface area (Å²) in [6.07, 6.45) is 11.3. The Morgan fingerprint density at radius 3 is 1.27 bits per heavy atom. The Morgan fingerprint density at radius 2 is 0.939 bits per heavy atom. The molecule has 0 radical (unpaired) electrons. The monoisotopic (exact) mass is 490 g/mol. The first kappa shape index (κ1) is 33.9. The second-order valence-corrected chi connectivity index (χ2v) is 7.60. The van der Waals surface area contributed by atoms with E-state index in [1.807, 2.05) is 0 Å². The van der Waals surface area contributed by atoms with E-state index in [2.05, 4.69) is 13.8 Å². The Hall–Kier alpha value is -1.31.